The Bertz CT molecular complexity index is 906. The number of rotatable bonds is 2. The van der Waals surface area contributed by atoms with Crippen molar-refractivity contribution in [3.63, 3.8) is 0 Å². The number of H-pyrrole nitrogens is 1. The number of hydrogen-bond acceptors (Lipinski definition) is 2. The predicted molar refractivity (Wildman–Crippen MR) is 86.1 cm³/mol. The molecule has 1 heterocycles. The van der Waals surface area contributed by atoms with E-state index in [-0.39, 0.29) is 5.56 Å². The summed E-state index contributed by atoms with van der Waals surface area (Å²) in [4.78, 5) is 24.6. The Morgan fingerprint density at radius 3 is 2.55 bits per heavy atom. The highest BCUT2D eigenvalue weighted by Gasteiger charge is 2.14. The highest BCUT2D eigenvalue weighted by Crippen LogP contribution is 2.12. The molecular formula is C17H17N3O2. The number of aryl methyl sites for hydroxylation is 2. The summed E-state index contributed by atoms with van der Waals surface area (Å²) < 4.78 is 1.02. The zero-order valence-electron chi connectivity index (χ0n) is 12.5. The number of nitrogens with one attached hydrogen (secondary N) is 2. The fourth-order valence-electron chi connectivity index (χ4n) is 2.53. The Morgan fingerprint density at radius 2 is 1.82 bits per heavy atom. The Labute approximate surface area is 127 Å². The molecule has 0 bridgehead atoms. The van der Waals surface area contributed by atoms with Crippen LogP contribution in [0.3, 0.4) is 0 Å². The van der Waals surface area contributed by atoms with Crippen LogP contribution in [0, 0.1) is 13.8 Å². The number of aromatic nitrogens is 2. The zero-order valence-corrected chi connectivity index (χ0v) is 12.5. The molecule has 22 heavy (non-hydrogen) atoms. The average molecular weight is 295 g/mol. The fraction of sp³-hybridized carbons (Fsp3) is 0.176. The molecule has 2 aromatic carbocycles. The van der Waals surface area contributed by atoms with Gasteiger partial charge < -0.3 is 5.32 Å². The summed E-state index contributed by atoms with van der Waals surface area (Å²) in [5, 5.41) is 6.17. The third kappa shape index (κ3) is 2.41. The molecule has 0 aliphatic heterocycles. The van der Waals surface area contributed by atoms with E-state index in [9.17, 15) is 9.59 Å². The Balaban J connectivity index is 1.87. The number of carbonyl (C=O) groups excluding carboxylic acids is 1. The van der Waals surface area contributed by atoms with Crippen molar-refractivity contribution in [2.75, 3.05) is 0 Å². The first-order chi connectivity index (χ1) is 10.6. The van der Waals surface area contributed by atoms with Gasteiger partial charge in [0.25, 0.3) is 5.56 Å². The molecule has 0 fully saturated rings. The van der Waals surface area contributed by atoms with Crippen LogP contribution in [-0.4, -0.2) is 15.8 Å². The molecule has 3 aromatic rings. The quantitative estimate of drug-likeness (QED) is 0.763. The van der Waals surface area contributed by atoms with Crippen LogP contribution in [0.4, 0.5) is 4.79 Å². The Kier molecular flexibility index (Phi) is 3.55. The fourth-order valence-corrected chi connectivity index (χ4v) is 2.53. The molecule has 1 aromatic heterocycles. The first-order valence-corrected chi connectivity index (χ1v) is 7.11. The highest BCUT2D eigenvalue weighted by atomic mass is 16.2. The molecule has 0 radical (unpaired) electrons. The topological polar surface area (TPSA) is 66.9 Å². The summed E-state index contributed by atoms with van der Waals surface area (Å²) in [7, 11) is 0. The maximum Gasteiger partial charge on any atom is 0.343 e. The Hall–Kier alpha value is -2.82. The minimum atomic E-state index is -0.455. The van der Waals surface area contributed by atoms with Crippen molar-refractivity contribution in [3.05, 3.63) is 69.5 Å². The number of benzene rings is 2. The maximum atomic E-state index is 12.3. The van der Waals surface area contributed by atoms with E-state index in [0.717, 1.165) is 21.4 Å². The van der Waals surface area contributed by atoms with E-state index in [0.29, 0.717) is 17.4 Å². The number of hydrogen-bond donors (Lipinski definition) is 2. The summed E-state index contributed by atoms with van der Waals surface area (Å²) in [6.07, 6.45) is 0. The zero-order chi connectivity index (χ0) is 15.7. The van der Waals surface area contributed by atoms with Gasteiger partial charge in [-0.1, -0.05) is 36.4 Å². The van der Waals surface area contributed by atoms with E-state index in [1.165, 1.54) is 0 Å². The molecule has 5 nitrogen and oxygen atoms in total. The summed E-state index contributed by atoms with van der Waals surface area (Å²) in [5.41, 5.74) is 3.31. The standard InChI is InChI=1S/C17H17N3O2/c1-11-6-3-4-8-13(11)10-18-17(22)20-16(21)15-12(2)7-5-9-14(15)19-20/h3-9,19H,10H2,1-2H3,(H,18,22). The van der Waals surface area contributed by atoms with Crippen molar-refractivity contribution in [3.8, 4) is 0 Å². The summed E-state index contributed by atoms with van der Waals surface area (Å²) in [6, 6.07) is 12.8. The van der Waals surface area contributed by atoms with Gasteiger partial charge >= 0.3 is 6.03 Å². The molecule has 0 atom stereocenters. The van der Waals surface area contributed by atoms with E-state index in [1.54, 1.807) is 6.07 Å². The molecule has 0 aliphatic rings. The van der Waals surface area contributed by atoms with Crippen LogP contribution in [0.5, 0.6) is 0 Å². The van der Waals surface area contributed by atoms with E-state index >= 15 is 0 Å². The van der Waals surface area contributed by atoms with Gasteiger partial charge in [0.15, 0.2) is 0 Å². The lowest BCUT2D eigenvalue weighted by molar-refractivity contribution is 0.238. The maximum absolute atomic E-state index is 12.3. The molecule has 0 unspecified atom stereocenters. The minimum absolute atomic E-state index is 0.324. The van der Waals surface area contributed by atoms with Gasteiger partial charge in [-0.05, 0) is 36.6 Å². The van der Waals surface area contributed by atoms with E-state index in [1.807, 2.05) is 50.2 Å². The number of fused-ring (bicyclic) bond motifs is 1. The smallest absolute Gasteiger partial charge is 0.332 e. The second-order valence-corrected chi connectivity index (χ2v) is 5.34. The largest absolute Gasteiger partial charge is 0.343 e. The Morgan fingerprint density at radius 1 is 1.09 bits per heavy atom. The van der Waals surface area contributed by atoms with Gasteiger partial charge in [-0.3, -0.25) is 9.89 Å². The molecule has 0 saturated carbocycles. The van der Waals surface area contributed by atoms with Gasteiger partial charge in [0.1, 0.15) is 0 Å². The second kappa shape index (κ2) is 5.52. The van der Waals surface area contributed by atoms with Crippen LogP contribution < -0.4 is 10.9 Å². The molecule has 3 rings (SSSR count). The lowest BCUT2D eigenvalue weighted by Crippen LogP contribution is -2.35. The molecular weight excluding hydrogens is 278 g/mol. The lowest BCUT2D eigenvalue weighted by Gasteiger charge is -2.07. The van der Waals surface area contributed by atoms with E-state index in [2.05, 4.69) is 10.4 Å². The third-order valence-corrected chi connectivity index (χ3v) is 3.82. The van der Waals surface area contributed by atoms with Crippen molar-refractivity contribution < 1.29 is 4.79 Å². The summed E-state index contributed by atoms with van der Waals surface area (Å²) in [6.45, 7) is 4.22. The van der Waals surface area contributed by atoms with Gasteiger partial charge in [-0.15, -0.1) is 0 Å². The molecule has 0 aliphatic carbocycles. The molecule has 0 saturated heterocycles. The number of amides is 1. The van der Waals surface area contributed by atoms with Crippen molar-refractivity contribution in [2.24, 2.45) is 0 Å². The van der Waals surface area contributed by atoms with Crippen molar-refractivity contribution in [1.29, 1.82) is 0 Å². The van der Waals surface area contributed by atoms with Gasteiger partial charge in [0, 0.05) is 6.54 Å². The molecule has 0 spiro atoms. The normalized spacial score (nSPS) is 10.8. The number of nitrogens with zero attached hydrogens (tertiary/aromatic N) is 1. The number of aromatic amines is 1. The molecule has 5 heteroatoms. The SMILES string of the molecule is Cc1ccccc1CNC(=O)n1[nH]c2cccc(C)c2c1=O. The van der Waals surface area contributed by atoms with Gasteiger partial charge in [-0.25, -0.2) is 4.79 Å². The van der Waals surface area contributed by atoms with Crippen molar-refractivity contribution in [2.45, 2.75) is 20.4 Å². The first kappa shape index (κ1) is 14.1. The summed E-state index contributed by atoms with van der Waals surface area (Å²) in [5.74, 6) is 0. The van der Waals surface area contributed by atoms with Crippen LogP contribution in [0.2, 0.25) is 0 Å². The minimum Gasteiger partial charge on any atom is -0.332 e. The van der Waals surface area contributed by atoms with Crippen LogP contribution in [0.25, 0.3) is 10.9 Å². The van der Waals surface area contributed by atoms with Gasteiger partial charge in [-0.2, -0.15) is 4.68 Å². The van der Waals surface area contributed by atoms with Crippen molar-refractivity contribution >= 4 is 16.9 Å². The number of carbonyl (C=O) groups is 1. The summed E-state index contributed by atoms with van der Waals surface area (Å²) >= 11 is 0. The first-order valence-electron chi connectivity index (χ1n) is 7.11. The van der Waals surface area contributed by atoms with E-state index in [4.69, 9.17) is 0 Å². The van der Waals surface area contributed by atoms with Crippen LogP contribution >= 0.6 is 0 Å². The molecule has 2 N–H and O–H groups in total. The predicted octanol–water partition coefficient (Wildman–Crippen LogP) is 2.70. The molecule has 112 valence electrons. The van der Waals surface area contributed by atoms with Crippen LogP contribution in [0.15, 0.2) is 47.3 Å². The van der Waals surface area contributed by atoms with Crippen LogP contribution in [0.1, 0.15) is 16.7 Å². The average Bonchev–Trinajstić information content (AvgIpc) is 2.85. The van der Waals surface area contributed by atoms with Crippen LogP contribution in [-0.2, 0) is 6.54 Å². The second-order valence-electron chi connectivity index (χ2n) is 5.34. The van der Waals surface area contributed by atoms with Crippen molar-refractivity contribution in [1.82, 2.24) is 15.1 Å². The van der Waals surface area contributed by atoms with E-state index < -0.39 is 6.03 Å². The lowest BCUT2D eigenvalue weighted by atomic mass is 10.1. The molecule has 1 amide bonds. The third-order valence-electron chi connectivity index (χ3n) is 3.82. The highest BCUT2D eigenvalue weighted by molar-refractivity contribution is 5.86. The van der Waals surface area contributed by atoms with Gasteiger partial charge in [0.05, 0.1) is 10.9 Å². The monoisotopic (exact) mass is 295 g/mol. The van der Waals surface area contributed by atoms with Gasteiger partial charge in [0.2, 0.25) is 0 Å².